The number of carbonyl (C=O) groups excluding carboxylic acids is 1. The summed E-state index contributed by atoms with van der Waals surface area (Å²) in [4.78, 5) is 12.3. The van der Waals surface area contributed by atoms with Gasteiger partial charge in [0.15, 0.2) is 0 Å². The molecule has 1 heterocycles. The lowest BCUT2D eigenvalue weighted by atomic mass is 9.87. The van der Waals surface area contributed by atoms with Crippen molar-refractivity contribution in [3.05, 3.63) is 34.9 Å². The fraction of sp³-hybridized carbons (Fsp3) is 0.611. The smallest absolute Gasteiger partial charge is 0.346 e. The van der Waals surface area contributed by atoms with E-state index in [0.29, 0.717) is 6.42 Å². The van der Waals surface area contributed by atoms with Crippen molar-refractivity contribution < 1.29 is 22.4 Å². The maximum absolute atomic E-state index is 14.3. The first-order chi connectivity index (χ1) is 11.3. The van der Waals surface area contributed by atoms with Crippen LogP contribution in [-0.4, -0.2) is 18.5 Å². The van der Waals surface area contributed by atoms with E-state index in [1.807, 2.05) is 0 Å². The molecule has 3 nitrogen and oxygen atoms in total. The van der Waals surface area contributed by atoms with Crippen molar-refractivity contribution >= 4 is 5.91 Å². The Morgan fingerprint density at radius 1 is 1.04 bits per heavy atom. The van der Waals surface area contributed by atoms with Gasteiger partial charge in [-0.3, -0.25) is 4.79 Å². The summed E-state index contributed by atoms with van der Waals surface area (Å²) < 4.78 is 53.9. The first-order valence-electron chi connectivity index (χ1n) is 8.28. The summed E-state index contributed by atoms with van der Waals surface area (Å²) in [5, 5.41) is 5.83. The van der Waals surface area contributed by atoms with Gasteiger partial charge < -0.3 is 10.6 Å². The Labute approximate surface area is 145 Å². The summed E-state index contributed by atoms with van der Waals surface area (Å²) in [5.74, 6) is -0.263. The van der Waals surface area contributed by atoms with Gasteiger partial charge in [0.1, 0.15) is 5.67 Å². The molecule has 1 fully saturated rings. The van der Waals surface area contributed by atoms with Crippen LogP contribution in [0.25, 0.3) is 0 Å². The van der Waals surface area contributed by atoms with E-state index in [9.17, 15) is 22.4 Å². The van der Waals surface area contributed by atoms with Gasteiger partial charge in [-0.25, -0.2) is 4.39 Å². The van der Waals surface area contributed by atoms with Gasteiger partial charge in [-0.1, -0.05) is 6.07 Å². The summed E-state index contributed by atoms with van der Waals surface area (Å²) in [5.41, 5.74) is -3.77. The van der Waals surface area contributed by atoms with E-state index in [0.717, 1.165) is 25.1 Å². The number of halogens is 4. The number of carbonyl (C=O) groups is 1. The van der Waals surface area contributed by atoms with Crippen molar-refractivity contribution in [3.63, 3.8) is 0 Å². The summed E-state index contributed by atoms with van der Waals surface area (Å²) in [6.07, 6.45) is -3.03. The van der Waals surface area contributed by atoms with Crippen molar-refractivity contribution in [2.24, 2.45) is 0 Å². The SMILES string of the molecule is CC(C)(F)c1cc(C(F)(F)F)cc(C(C)(C)NC(=O)[C@H]2CCCN2)c1. The molecule has 1 aromatic rings. The van der Waals surface area contributed by atoms with Crippen molar-refractivity contribution in [2.45, 2.75) is 64.0 Å². The van der Waals surface area contributed by atoms with Crippen molar-refractivity contribution in [3.8, 4) is 0 Å². The van der Waals surface area contributed by atoms with Crippen LogP contribution in [0.3, 0.4) is 0 Å². The summed E-state index contributed by atoms with van der Waals surface area (Å²) in [6.45, 7) is 6.39. The van der Waals surface area contributed by atoms with Crippen LogP contribution in [-0.2, 0) is 22.2 Å². The van der Waals surface area contributed by atoms with Gasteiger partial charge in [-0.05, 0) is 70.3 Å². The van der Waals surface area contributed by atoms with Gasteiger partial charge >= 0.3 is 6.18 Å². The summed E-state index contributed by atoms with van der Waals surface area (Å²) >= 11 is 0. The van der Waals surface area contributed by atoms with Crippen LogP contribution < -0.4 is 10.6 Å². The lowest BCUT2D eigenvalue weighted by Gasteiger charge is -2.30. The predicted molar refractivity (Wildman–Crippen MR) is 87.8 cm³/mol. The number of rotatable bonds is 4. The highest BCUT2D eigenvalue weighted by Gasteiger charge is 2.36. The minimum Gasteiger partial charge on any atom is -0.346 e. The number of benzene rings is 1. The molecule has 0 saturated carbocycles. The van der Waals surface area contributed by atoms with Gasteiger partial charge in [-0.2, -0.15) is 13.2 Å². The second-order valence-corrected chi connectivity index (χ2v) is 7.53. The van der Waals surface area contributed by atoms with E-state index in [4.69, 9.17) is 0 Å². The molecule has 140 valence electrons. The fourth-order valence-corrected chi connectivity index (χ4v) is 2.87. The zero-order valence-corrected chi connectivity index (χ0v) is 14.9. The molecule has 1 aliphatic heterocycles. The molecule has 2 N–H and O–H groups in total. The number of nitrogens with one attached hydrogen (secondary N) is 2. The molecule has 0 radical (unpaired) electrons. The molecule has 25 heavy (non-hydrogen) atoms. The molecule has 0 unspecified atom stereocenters. The lowest BCUT2D eigenvalue weighted by Crippen LogP contribution is -2.48. The van der Waals surface area contributed by atoms with Crippen LogP contribution in [0.15, 0.2) is 18.2 Å². The molecule has 0 aromatic heterocycles. The van der Waals surface area contributed by atoms with Crippen LogP contribution in [0, 0.1) is 0 Å². The van der Waals surface area contributed by atoms with Crippen molar-refractivity contribution in [2.75, 3.05) is 6.54 Å². The summed E-state index contributed by atoms with van der Waals surface area (Å²) in [6, 6.07) is 2.83. The molecule has 2 rings (SSSR count). The van der Waals surface area contributed by atoms with Gasteiger partial charge in [0, 0.05) is 0 Å². The monoisotopic (exact) mass is 360 g/mol. The maximum atomic E-state index is 14.3. The van der Waals surface area contributed by atoms with E-state index in [1.165, 1.54) is 19.9 Å². The van der Waals surface area contributed by atoms with Crippen LogP contribution in [0.1, 0.15) is 57.2 Å². The van der Waals surface area contributed by atoms with Gasteiger partial charge in [0.2, 0.25) is 5.91 Å². The molecule has 1 amide bonds. The van der Waals surface area contributed by atoms with Crippen LogP contribution >= 0.6 is 0 Å². The molecule has 1 atom stereocenters. The fourth-order valence-electron chi connectivity index (χ4n) is 2.87. The molecule has 1 aliphatic rings. The first kappa shape index (κ1) is 19.7. The minimum atomic E-state index is -4.59. The zero-order chi connectivity index (χ0) is 19.0. The third kappa shape index (κ3) is 4.71. The van der Waals surface area contributed by atoms with Gasteiger partial charge in [0.25, 0.3) is 0 Å². The van der Waals surface area contributed by atoms with Gasteiger partial charge in [0.05, 0.1) is 17.1 Å². The second kappa shape index (κ2) is 6.59. The van der Waals surface area contributed by atoms with E-state index in [2.05, 4.69) is 10.6 Å². The Morgan fingerprint density at radius 2 is 1.60 bits per heavy atom. The zero-order valence-electron chi connectivity index (χ0n) is 14.9. The highest BCUT2D eigenvalue weighted by atomic mass is 19.4. The second-order valence-electron chi connectivity index (χ2n) is 7.53. The molecule has 0 bridgehead atoms. The Balaban J connectivity index is 2.39. The maximum Gasteiger partial charge on any atom is 0.416 e. The molecule has 1 aromatic carbocycles. The first-order valence-corrected chi connectivity index (χ1v) is 8.28. The average molecular weight is 360 g/mol. The highest BCUT2D eigenvalue weighted by Crippen LogP contribution is 2.37. The van der Waals surface area contributed by atoms with Crippen molar-refractivity contribution in [1.82, 2.24) is 10.6 Å². The van der Waals surface area contributed by atoms with E-state index in [-0.39, 0.29) is 23.1 Å². The molecule has 7 heteroatoms. The van der Waals surface area contributed by atoms with E-state index >= 15 is 0 Å². The number of hydrogen-bond donors (Lipinski definition) is 2. The standard InChI is InChI=1S/C18H24F4N2O/c1-16(2,19)11-8-12(10-13(9-11)18(20,21)22)17(3,4)24-15(25)14-6-5-7-23-14/h8-10,14,23H,5-7H2,1-4H3,(H,24,25)/t14-/m1/s1. The van der Waals surface area contributed by atoms with Crippen LogP contribution in [0.4, 0.5) is 17.6 Å². The third-order valence-electron chi connectivity index (χ3n) is 4.48. The molecule has 0 aliphatic carbocycles. The van der Waals surface area contributed by atoms with Crippen LogP contribution in [0.2, 0.25) is 0 Å². The minimum absolute atomic E-state index is 0.0707. The third-order valence-corrected chi connectivity index (χ3v) is 4.48. The Kier molecular flexibility index (Phi) is 5.19. The van der Waals surface area contributed by atoms with E-state index in [1.54, 1.807) is 13.8 Å². The topological polar surface area (TPSA) is 41.1 Å². The quantitative estimate of drug-likeness (QED) is 0.797. The largest absolute Gasteiger partial charge is 0.416 e. The molecular weight excluding hydrogens is 336 g/mol. The van der Waals surface area contributed by atoms with E-state index < -0.39 is 22.9 Å². The normalized spacial score (nSPS) is 19.1. The molecule has 1 saturated heterocycles. The summed E-state index contributed by atoms with van der Waals surface area (Å²) in [7, 11) is 0. The Hall–Kier alpha value is -1.63. The van der Waals surface area contributed by atoms with Gasteiger partial charge in [-0.15, -0.1) is 0 Å². The molecule has 0 spiro atoms. The van der Waals surface area contributed by atoms with Crippen molar-refractivity contribution in [1.29, 1.82) is 0 Å². The lowest BCUT2D eigenvalue weighted by molar-refractivity contribution is -0.137. The highest BCUT2D eigenvalue weighted by molar-refractivity contribution is 5.82. The predicted octanol–water partition coefficient (Wildman–Crippen LogP) is 4.01. The Morgan fingerprint density at radius 3 is 2.08 bits per heavy atom. The Bertz CT molecular complexity index is 609. The number of alkyl halides is 4. The molecular formula is C18H24F4N2O. The number of hydrogen-bond acceptors (Lipinski definition) is 2. The number of amides is 1. The average Bonchev–Trinajstić information content (AvgIpc) is 2.98. The van der Waals surface area contributed by atoms with Crippen LogP contribution in [0.5, 0.6) is 0 Å².